The van der Waals surface area contributed by atoms with Crippen molar-refractivity contribution in [1.29, 1.82) is 0 Å². The third-order valence-corrected chi connectivity index (χ3v) is 6.39. The zero-order valence-electron chi connectivity index (χ0n) is 14.9. The van der Waals surface area contributed by atoms with Crippen LogP contribution in [0.1, 0.15) is 69.8 Å². The maximum absolute atomic E-state index is 13.4. The Morgan fingerprint density at radius 3 is 1.72 bits per heavy atom. The van der Waals surface area contributed by atoms with Crippen molar-refractivity contribution < 1.29 is 9.59 Å². The van der Waals surface area contributed by atoms with Crippen LogP contribution >= 0.6 is 0 Å². The summed E-state index contributed by atoms with van der Waals surface area (Å²) in [6.07, 6.45) is 10.1. The average Bonchev–Trinajstić information content (AvgIpc) is 2.66. The van der Waals surface area contributed by atoms with Crippen molar-refractivity contribution in [3.05, 3.63) is 35.9 Å². The van der Waals surface area contributed by atoms with Crippen LogP contribution in [0.25, 0.3) is 0 Å². The minimum absolute atomic E-state index is 0.0113. The highest BCUT2D eigenvalue weighted by Gasteiger charge is 2.57. The largest absolute Gasteiger partial charge is 0.290 e. The molecule has 2 saturated carbocycles. The molecular weight excluding hydrogens is 312 g/mol. The van der Waals surface area contributed by atoms with Crippen LogP contribution in [0.5, 0.6) is 0 Å². The first-order valence-electron chi connectivity index (χ1n) is 9.85. The Labute approximate surface area is 150 Å². The summed E-state index contributed by atoms with van der Waals surface area (Å²) in [5.41, 5.74) is -0.000617. The number of benzene rings is 1. The smallest absolute Gasteiger partial charge is 0.249 e. The second-order valence-corrected chi connectivity index (χ2v) is 8.09. The van der Waals surface area contributed by atoms with Gasteiger partial charge in [-0.05, 0) is 31.2 Å². The normalized spacial score (nSPS) is 25.5. The fourth-order valence-corrected chi connectivity index (χ4v) is 5.07. The highest BCUT2D eigenvalue weighted by atomic mass is 16.2. The van der Waals surface area contributed by atoms with Gasteiger partial charge in [-0.1, -0.05) is 68.9 Å². The molecule has 0 aromatic heterocycles. The highest BCUT2D eigenvalue weighted by molar-refractivity contribution is 6.07. The maximum Gasteiger partial charge on any atom is 0.249 e. The summed E-state index contributed by atoms with van der Waals surface area (Å²) in [6, 6.07) is 9.92. The molecule has 1 aromatic rings. The van der Waals surface area contributed by atoms with Gasteiger partial charge in [0, 0.05) is 0 Å². The average molecular weight is 340 g/mol. The first-order chi connectivity index (χ1) is 12.2. The van der Waals surface area contributed by atoms with Crippen molar-refractivity contribution >= 4 is 11.8 Å². The third-order valence-electron chi connectivity index (χ3n) is 6.39. The number of carbonyl (C=O) groups excluding carboxylic acids is 2. The Kier molecular flexibility index (Phi) is 4.40. The number of carbonyl (C=O) groups is 2. The number of rotatable bonds is 2. The number of imide groups is 1. The summed E-state index contributed by atoms with van der Waals surface area (Å²) in [7, 11) is 0. The van der Waals surface area contributed by atoms with Gasteiger partial charge >= 0.3 is 0 Å². The minimum atomic E-state index is -0.516. The van der Waals surface area contributed by atoms with E-state index in [0.717, 1.165) is 56.9 Å². The lowest BCUT2D eigenvalue weighted by Crippen LogP contribution is -2.76. The zero-order valence-corrected chi connectivity index (χ0v) is 14.9. The molecule has 1 aliphatic heterocycles. The Balaban J connectivity index is 1.69. The summed E-state index contributed by atoms with van der Waals surface area (Å²) in [6.45, 7) is 0.406. The van der Waals surface area contributed by atoms with Gasteiger partial charge in [0.2, 0.25) is 11.8 Å². The van der Waals surface area contributed by atoms with Crippen molar-refractivity contribution in [3.63, 3.8) is 0 Å². The van der Waals surface area contributed by atoms with Crippen LogP contribution in [0.15, 0.2) is 30.3 Å². The maximum atomic E-state index is 13.4. The second-order valence-electron chi connectivity index (χ2n) is 8.09. The molecular formula is C21H28N2O2. The topological polar surface area (TPSA) is 49.4 Å². The summed E-state index contributed by atoms with van der Waals surface area (Å²) in [5.74, 6) is 0.0227. The molecule has 2 spiro atoms. The number of nitrogens with zero attached hydrogens (tertiary/aromatic N) is 1. The van der Waals surface area contributed by atoms with Gasteiger partial charge in [-0.25, -0.2) is 0 Å². The lowest BCUT2D eigenvalue weighted by Gasteiger charge is -2.53. The molecule has 4 heteroatoms. The van der Waals surface area contributed by atoms with E-state index in [9.17, 15) is 9.59 Å². The molecule has 0 unspecified atom stereocenters. The van der Waals surface area contributed by atoms with Crippen LogP contribution in [-0.2, 0) is 16.1 Å². The Morgan fingerprint density at radius 2 is 1.24 bits per heavy atom. The molecule has 3 fully saturated rings. The van der Waals surface area contributed by atoms with E-state index in [1.165, 1.54) is 12.8 Å². The minimum Gasteiger partial charge on any atom is -0.290 e. The van der Waals surface area contributed by atoms with Crippen molar-refractivity contribution in [2.45, 2.75) is 81.8 Å². The monoisotopic (exact) mass is 340 g/mol. The van der Waals surface area contributed by atoms with E-state index in [2.05, 4.69) is 5.32 Å². The highest BCUT2D eigenvalue weighted by Crippen LogP contribution is 2.41. The number of hydrogen-bond acceptors (Lipinski definition) is 3. The summed E-state index contributed by atoms with van der Waals surface area (Å²) < 4.78 is 0. The van der Waals surface area contributed by atoms with Crippen LogP contribution in [0, 0.1) is 0 Å². The van der Waals surface area contributed by atoms with Crippen LogP contribution < -0.4 is 5.32 Å². The van der Waals surface area contributed by atoms with Crippen molar-refractivity contribution in [1.82, 2.24) is 10.2 Å². The van der Waals surface area contributed by atoms with Crippen LogP contribution in [-0.4, -0.2) is 27.8 Å². The lowest BCUT2D eigenvalue weighted by atomic mass is 9.71. The van der Waals surface area contributed by atoms with Gasteiger partial charge < -0.3 is 0 Å². The fraction of sp³-hybridized carbons (Fsp3) is 0.619. The summed E-state index contributed by atoms with van der Waals surface area (Å²) >= 11 is 0. The van der Waals surface area contributed by atoms with Crippen molar-refractivity contribution in [3.8, 4) is 0 Å². The Morgan fingerprint density at radius 1 is 0.760 bits per heavy atom. The fourth-order valence-electron chi connectivity index (χ4n) is 5.07. The third kappa shape index (κ3) is 2.91. The van der Waals surface area contributed by atoms with Gasteiger partial charge in [0.15, 0.2) is 0 Å². The molecule has 2 amide bonds. The van der Waals surface area contributed by atoms with Gasteiger partial charge in [-0.2, -0.15) is 0 Å². The molecule has 0 atom stereocenters. The van der Waals surface area contributed by atoms with Crippen LogP contribution in [0.2, 0.25) is 0 Å². The molecule has 25 heavy (non-hydrogen) atoms. The van der Waals surface area contributed by atoms with Crippen molar-refractivity contribution in [2.24, 2.45) is 0 Å². The van der Waals surface area contributed by atoms with E-state index in [1.54, 1.807) is 4.90 Å². The number of nitrogens with one attached hydrogen (secondary N) is 1. The molecule has 3 aliphatic rings. The van der Waals surface area contributed by atoms with Gasteiger partial charge in [0.1, 0.15) is 0 Å². The molecule has 134 valence electrons. The van der Waals surface area contributed by atoms with E-state index >= 15 is 0 Å². The number of amides is 2. The van der Waals surface area contributed by atoms with E-state index in [1.807, 2.05) is 30.3 Å². The molecule has 2 aliphatic carbocycles. The van der Waals surface area contributed by atoms with E-state index in [4.69, 9.17) is 0 Å². The van der Waals surface area contributed by atoms with E-state index in [0.29, 0.717) is 6.54 Å². The quantitative estimate of drug-likeness (QED) is 0.838. The Hall–Kier alpha value is -1.68. The van der Waals surface area contributed by atoms with Gasteiger partial charge in [0.05, 0.1) is 17.6 Å². The second kappa shape index (κ2) is 6.56. The molecule has 4 rings (SSSR count). The molecule has 1 aromatic carbocycles. The SMILES string of the molecule is O=C1N(Cc2ccccc2)C(=O)C2(CCCCC2)NC12CCCCC2. The molecule has 0 radical (unpaired) electrons. The predicted octanol–water partition coefficient (Wildman–Crippen LogP) is 3.55. The molecule has 0 bridgehead atoms. The molecule has 4 nitrogen and oxygen atoms in total. The first kappa shape index (κ1) is 16.8. The lowest BCUT2D eigenvalue weighted by molar-refractivity contribution is -0.165. The predicted molar refractivity (Wildman–Crippen MR) is 96.8 cm³/mol. The van der Waals surface area contributed by atoms with Crippen LogP contribution in [0.3, 0.4) is 0 Å². The summed E-state index contributed by atoms with van der Waals surface area (Å²) in [5, 5.41) is 3.66. The Bertz CT molecular complexity index is 607. The van der Waals surface area contributed by atoms with Gasteiger partial charge in [0.25, 0.3) is 0 Å². The van der Waals surface area contributed by atoms with Gasteiger partial charge in [-0.3, -0.25) is 19.8 Å². The van der Waals surface area contributed by atoms with Crippen LogP contribution in [0.4, 0.5) is 0 Å². The number of piperazine rings is 1. The number of hydrogen-bond donors (Lipinski definition) is 1. The van der Waals surface area contributed by atoms with E-state index < -0.39 is 11.1 Å². The zero-order chi connectivity index (χ0) is 17.3. The summed E-state index contributed by atoms with van der Waals surface area (Å²) in [4.78, 5) is 28.4. The molecule has 1 heterocycles. The van der Waals surface area contributed by atoms with Crippen molar-refractivity contribution in [2.75, 3.05) is 0 Å². The molecule has 1 saturated heterocycles. The standard InChI is InChI=1S/C21H28N2O2/c24-18-20(12-6-2-7-13-20)22-21(14-8-3-9-15-21)19(25)23(18)16-17-10-4-1-5-11-17/h1,4-5,10-11,22H,2-3,6-9,12-16H2. The molecule has 1 N–H and O–H groups in total. The van der Waals surface area contributed by atoms with Gasteiger partial charge in [-0.15, -0.1) is 0 Å². The van der Waals surface area contributed by atoms with E-state index in [-0.39, 0.29) is 11.8 Å². The first-order valence-corrected chi connectivity index (χ1v) is 9.85.